The minimum atomic E-state index is -0.571. The minimum Gasteiger partial charge on any atom is -0.478 e. The highest BCUT2D eigenvalue weighted by Gasteiger charge is 2.18. The maximum Gasteiger partial charge on any atom is 0.343 e. The Balaban J connectivity index is 1.93. The number of carbonyl (C=O) groups excluding carboxylic acids is 1. The summed E-state index contributed by atoms with van der Waals surface area (Å²) in [6.45, 7) is 1.92. The molecule has 9 nitrogen and oxygen atoms in total. The number of azo groups is 1. The largest absolute Gasteiger partial charge is 0.478 e. The fourth-order valence-electron chi connectivity index (χ4n) is 1.97. The van der Waals surface area contributed by atoms with Crippen molar-refractivity contribution >= 4 is 17.5 Å². The maximum atomic E-state index is 11.8. The molecular weight excluding hydrogens is 314 g/mol. The van der Waals surface area contributed by atoms with Crippen molar-refractivity contribution in [2.45, 2.75) is 6.92 Å². The summed E-state index contributed by atoms with van der Waals surface area (Å²) in [6.07, 6.45) is 1.29. The van der Waals surface area contributed by atoms with Crippen molar-refractivity contribution in [1.29, 1.82) is 0 Å². The van der Waals surface area contributed by atoms with E-state index < -0.39 is 11.9 Å². The summed E-state index contributed by atoms with van der Waals surface area (Å²) in [5.41, 5.74) is 1.21. The summed E-state index contributed by atoms with van der Waals surface area (Å²) < 4.78 is 9.67. The molecule has 0 radical (unpaired) electrons. The number of nitrogens with zero attached hydrogens (tertiary/aromatic N) is 4. The number of carbonyl (C=O) groups is 1. The predicted octanol–water partition coefficient (Wildman–Crippen LogP) is 3.36. The van der Waals surface area contributed by atoms with Gasteiger partial charge < -0.3 is 14.4 Å². The highest BCUT2D eigenvalue weighted by Crippen LogP contribution is 2.38. The number of ether oxygens (including phenoxy) is 1. The van der Waals surface area contributed by atoms with E-state index in [2.05, 4.69) is 25.6 Å². The Morgan fingerprint density at radius 2 is 2.12 bits per heavy atom. The van der Waals surface area contributed by atoms with E-state index in [-0.39, 0.29) is 23.7 Å². The summed E-state index contributed by atoms with van der Waals surface area (Å²) in [7, 11) is 0. The quantitative estimate of drug-likeness (QED) is 0.546. The summed E-state index contributed by atoms with van der Waals surface area (Å²) in [5.74, 6) is -0.944. The van der Waals surface area contributed by atoms with Crippen molar-refractivity contribution in [3.05, 3.63) is 42.1 Å². The van der Waals surface area contributed by atoms with Crippen LogP contribution in [0.4, 0.5) is 11.5 Å². The van der Waals surface area contributed by atoms with Gasteiger partial charge in [0.1, 0.15) is 11.3 Å². The zero-order valence-corrected chi connectivity index (χ0v) is 12.6. The number of hydrogen-bond donors (Lipinski definition) is 2. The monoisotopic (exact) mass is 327 g/mol. The van der Waals surface area contributed by atoms with Gasteiger partial charge in [-0.2, -0.15) is 5.10 Å². The average Bonchev–Trinajstić information content (AvgIpc) is 3.20. The summed E-state index contributed by atoms with van der Waals surface area (Å²) >= 11 is 0. The van der Waals surface area contributed by atoms with Gasteiger partial charge >= 0.3 is 11.9 Å². The number of aromatic nitrogens is 3. The van der Waals surface area contributed by atoms with Crippen LogP contribution in [0, 0.1) is 0 Å². The molecule has 0 saturated carbocycles. The van der Waals surface area contributed by atoms with Gasteiger partial charge in [-0.25, -0.2) is 4.79 Å². The van der Waals surface area contributed by atoms with E-state index in [0.717, 1.165) is 0 Å². The summed E-state index contributed by atoms with van der Waals surface area (Å²) in [5, 5.41) is 27.7. The Bertz CT molecular complexity index is 869. The molecule has 3 aromatic rings. The third kappa shape index (κ3) is 3.00. The molecule has 0 saturated heterocycles. The van der Waals surface area contributed by atoms with Gasteiger partial charge in [-0.05, 0) is 6.92 Å². The number of aromatic amines is 1. The first-order valence-corrected chi connectivity index (χ1v) is 7.07. The lowest BCUT2D eigenvalue weighted by molar-refractivity contribution is 0.0527. The van der Waals surface area contributed by atoms with Crippen LogP contribution >= 0.6 is 0 Å². The Labute approximate surface area is 136 Å². The van der Waals surface area contributed by atoms with Crippen LogP contribution in [-0.2, 0) is 4.74 Å². The van der Waals surface area contributed by atoms with Crippen LogP contribution in [0.15, 0.2) is 51.3 Å². The first kappa shape index (κ1) is 15.4. The van der Waals surface area contributed by atoms with Gasteiger partial charge in [-0.3, -0.25) is 5.10 Å². The van der Waals surface area contributed by atoms with Crippen molar-refractivity contribution in [1.82, 2.24) is 15.4 Å². The van der Waals surface area contributed by atoms with E-state index >= 15 is 0 Å². The number of esters is 1. The zero-order chi connectivity index (χ0) is 16.9. The molecule has 2 heterocycles. The molecule has 2 N–H and O–H groups in total. The molecule has 0 fully saturated rings. The first-order chi connectivity index (χ1) is 11.7. The molecule has 122 valence electrons. The molecule has 24 heavy (non-hydrogen) atoms. The van der Waals surface area contributed by atoms with E-state index in [9.17, 15) is 9.90 Å². The van der Waals surface area contributed by atoms with Crippen LogP contribution in [0.1, 0.15) is 17.3 Å². The highest BCUT2D eigenvalue weighted by atomic mass is 16.6. The predicted molar refractivity (Wildman–Crippen MR) is 82.3 cm³/mol. The maximum absolute atomic E-state index is 11.8. The Hall–Kier alpha value is -3.49. The third-order valence-corrected chi connectivity index (χ3v) is 3.06. The van der Waals surface area contributed by atoms with E-state index in [1.54, 1.807) is 19.1 Å². The number of aromatic hydroxyl groups is 1. The average molecular weight is 327 g/mol. The van der Waals surface area contributed by atoms with Crippen LogP contribution in [0.2, 0.25) is 0 Å². The minimum absolute atomic E-state index is 0.0469. The van der Waals surface area contributed by atoms with E-state index in [4.69, 9.17) is 9.26 Å². The number of benzene rings is 1. The van der Waals surface area contributed by atoms with Crippen LogP contribution in [0.25, 0.3) is 11.3 Å². The Kier molecular flexibility index (Phi) is 4.32. The molecule has 0 atom stereocenters. The van der Waals surface area contributed by atoms with Crippen molar-refractivity contribution < 1.29 is 19.2 Å². The fourth-order valence-corrected chi connectivity index (χ4v) is 1.97. The summed E-state index contributed by atoms with van der Waals surface area (Å²) in [4.78, 5) is 11.8. The number of hydrogen-bond acceptors (Lipinski definition) is 8. The Morgan fingerprint density at radius 1 is 1.33 bits per heavy atom. The zero-order valence-electron chi connectivity index (χ0n) is 12.6. The SMILES string of the molecule is CCOC(=O)c1cn[nH]c1N=Nc1c(-c2ccccc2)noc1O. The molecule has 0 amide bonds. The number of nitrogens with one attached hydrogen (secondary N) is 1. The number of H-pyrrole nitrogens is 1. The molecule has 0 aliphatic heterocycles. The standard InChI is InChI=1S/C15H13N5O4/c1-2-23-14(21)10-8-16-18-13(10)19-17-12-11(20-24-15(12)22)9-6-4-3-5-7-9/h3-8,22H,2H2,1H3,(H,16,18). The van der Waals surface area contributed by atoms with Crippen LogP contribution in [0.3, 0.4) is 0 Å². The van der Waals surface area contributed by atoms with Gasteiger partial charge in [0.15, 0.2) is 11.5 Å². The van der Waals surface area contributed by atoms with E-state index in [1.807, 2.05) is 18.2 Å². The smallest absolute Gasteiger partial charge is 0.343 e. The van der Waals surface area contributed by atoms with Crippen molar-refractivity contribution in [2.24, 2.45) is 10.2 Å². The lowest BCUT2D eigenvalue weighted by Crippen LogP contribution is -2.03. The second kappa shape index (κ2) is 6.73. The Morgan fingerprint density at radius 3 is 2.88 bits per heavy atom. The normalized spacial score (nSPS) is 11.0. The van der Waals surface area contributed by atoms with Gasteiger partial charge in [0.05, 0.1) is 12.8 Å². The fraction of sp³-hybridized carbons (Fsp3) is 0.133. The molecule has 1 aromatic carbocycles. The highest BCUT2D eigenvalue weighted by molar-refractivity contribution is 5.93. The second-order valence-corrected chi connectivity index (χ2v) is 4.60. The third-order valence-electron chi connectivity index (χ3n) is 3.06. The van der Waals surface area contributed by atoms with Crippen molar-refractivity contribution in [2.75, 3.05) is 6.61 Å². The molecule has 0 aliphatic rings. The van der Waals surface area contributed by atoms with Crippen molar-refractivity contribution in [3.63, 3.8) is 0 Å². The van der Waals surface area contributed by atoms with E-state index in [0.29, 0.717) is 11.3 Å². The van der Waals surface area contributed by atoms with Gasteiger partial charge in [0.25, 0.3) is 0 Å². The second-order valence-electron chi connectivity index (χ2n) is 4.60. The van der Waals surface area contributed by atoms with Gasteiger partial charge in [0.2, 0.25) is 0 Å². The van der Waals surface area contributed by atoms with Gasteiger partial charge in [-0.1, -0.05) is 35.5 Å². The first-order valence-electron chi connectivity index (χ1n) is 7.07. The van der Waals surface area contributed by atoms with Crippen molar-refractivity contribution in [3.8, 4) is 17.2 Å². The molecule has 0 unspecified atom stereocenters. The molecular formula is C15H13N5O4. The summed E-state index contributed by atoms with van der Waals surface area (Å²) in [6, 6.07) is 9.05. The molecule has 2 aromatic heterocycles. The van der Waals surface area contributed by atoms with Gasteiger partial charge in [0, 0.05) is 5.56 Å². The lowest BCUT2D eigenvalue weighted by Gasteiger charge is -1.98. The van der Waals surface area contributed by atoms with Crippen LogP contribution in [0.5, 0.6) is 5.95 Å². The molecule has 3 rings (SSSR count). The lowest BCUT2D eigenvalue weighted by atomic mass is 10.1. The van der Waals surface area contributed by atoms with E-state index in [1.165, 1.54) is 6.20 Å². The molecule has 0 aliphatic carbocycles. The van der Waals surface area contributed by atoms with Gasteiger partial charge in [-0.15, -0.1) is 10.2 Å². The molecule has 9 heteroatoms. The molecule has 0 bridgehead atoms. The van der Waals surface area contributed by atoms with Crippen LogP contribution in [-0.4, -0.2) is 33.0 Å². The topological polar surface area (TPSA) is 126 Å². The molecule has 0 spiro atoms. The van der Waals surface area contributed by atoms with Crippen LogP contribution < -0.4 is 0 Å². The number of rotatable bonds is 5.